The third-order valence-electron chi connectivity index (χ3n) is 3.82. The normalized spacial score (nSPS) is 26.6. The number of carbonyl (C=O) groups is 1. The molecule has 138 valence electrons. The first-order valence-electron chi connectivity index (χ1n) is 8.66. The molecule has 1 saturated heterocycles. The highest BCUT2D eigenvalue weighted by molar-refractivity contribution is 5.65. The average molecular weight is 343 g/mol. The van der Waals surface area contributed by atoms with Crippen molar-refractivity contribution in [1.82, 2.24) is 0 Å². The van der Waals surface area contributed by atoms with Gasteiger partial charge in [0.25, 0.3) is 0 Å². The van der Waals surface area contributed by atoms with E-state index in [0.717, 1.165) is 25.7 Å². The monoisotopic (exact) mass is 343 g/mol. The zero-order valence-corrected chi connectivity index (χ0v) is 14.8. The van der Waals surface area contributed by atoms with Crippen LogP contribution in [0.1, 0.15) is 46.5 Å². The molecule has 0 aromatic rings. The molecule has 4 atom stereocenters. The molecule has 8 nitrogen and oxygen atoms in total. The van der Waals surface area contributed by atoms with Crippen molar-refractivity contribution in [3.63, 3.8) is 0 Å². The maximum Gasteiger partial charge on any atom is 0.302 e. The minimum Gasteiger partial charge on any atom is -0.463 e. The molecule has 24 heavy (non-hydrogen) atoms. The Labute approximate surface area is 143 Å². The number of nitrogens with zero attached hydrogens (tertiary/aromatic N) is 3. The summed E-state index contributed by atoms with van der Waals surface area (Å²) in [4.78, 5) is 14.0. The van der Waals surface area contributed by atoms with Gasteiger partial charge in [0.05, 0.1) is 18.8 Å². The Hall–Kier alpha value is -1.34. The maximum atomic E-state index is 11.1. The molecule has 0 saturated carbocycles. The molecule has 0 bridgehead atoms. The van der Waals surface area contributed by atoms with Crippen molar-refractivity contribution in [2.24, 2.45) is 5.11 Å². The predicted octanol–water partition coefficient (Wildman–Crippen LogP) is 3.00. The van der Waals surface area contributed by atoms with E-state index in [-0.39, 0.29) is 19.2 Å². The van der Waals surface area contributed by atoms with Gasteiger partial charge in [-0.05, 0) is 18.4 Å². The molecule has 0 radical (unpaired) electrons. The van der Waals surface area contributed by atoms with Crippen molar-refractivity contribution in [1.29, 1.82) is 0 Å². The summed E-state index contributed by atoms with van der Waals surface area (Å²) < 4.78 is 22.7. The number of azide groups is 1. The van der Waals surface area contributed by atoms with Crippen LogP contribution in [-0.4, -0.2) is 56.8 Å². The molecule has 1 heterocycles. The lowest BCUT2D eigenvalue weighted by Gasteiger charge is -2.40. The largest absolute Gasteiger partial charge is 0.463 e. The Morgan fingerprint density at radius 3 is 2.38 bits per heavy atom. The number of rotatable bonds is 11. The van der Waals surface area contributed by atoms with Gasteiger partial charge in [0, 0.05) is 25.0 Å². The zero-order valence-electron chi connectivity index (χ0n) is 14.8. The van der Waals surface area contributed by atoms with Crippen molar-refractivity contribution in [2.75, 3.05) is 26.4 Å². The van der Waals surface area contributed by atoms with E-state index in [1.807, 2.05) is 0 Å². The summed E-state index contributed by atoms with van der Waals surface area (Å²) in [5, 5.41) is 3.79. The van der Waals surface area contributed by atoms with Crippen molar-refractivity contribution in [2.45, 2.75) is 70.8 Å². The SMILES string of the molecule is CCCCOC1C(N=[N+]=[N-])COC(COC(C)=O)C1OCCCC. The van der Waals surface area contributed by atoms with Crippen LogP contribution < -0.4 is 0 Å². The Kier molecular flexibility index (Phi) is 10.4. The van der Waals surface area contributed by atoms with E-state index in [0.29, 0.717) is 13.2 Å². The minimum absolute atomic E-state index is 0.1000. The van der Waals surface area contributed by atoms with Gasteiger partial charge < -0.3 is 18.9 Å². The van der Waals surface area contributed by atoms with Crippen LogP contribution in [0.15, 0.2) is 5.11 Å². The van der Waals surface area contributed by atoms with Gasteiger partial charge in [0.2, 0.25) is 0 Å². The minimum atomic E-state index is -0.452. The predicted molar refractivity (Wildman–Crippen MR) is 88.6 cm³/mol. The molecule has 1 aliphatic heterocycles. The second kappa shape index (κ2) is 12.1. The summed E-state index contributed by atoms with van der Waals surface area (Å²) in [5.74, 6) is -0.369. The maximum absolute atomic E-state index is 11.1. The molecule has 0 aliphatic carbocycles. The van der Waals surface area contributed by atoms with Gasteiger partial charge in [0.1, 0.15) is 18.8 Å². The second-order valence-electron chi connectivity index (χ2n) is 5.82. The highest BCUT2D eigenvalue weighted by atomic mass is 16.6. The molecule has 1 aliphatic rings. The fourth-order valence-corrected chi connectivity index (χ4v) is 2.49. The van der Waals surface area contributed by atoms with Crippen LogP contribution in [0.2, 0.25) is 0 Å². The van der Waals surface area contributed by atoms with Crippen molar-refractivity contribution in [3.8, 4) is 0 Å². The Balaban J connectivity index is 2.83. The van der Waals surface area contributed by atoms with E-state index in [9.17, 15) is 4.79 Å². The van der Waals surface area contributed by atoms with E-state index in [2.05, 4.69) is 23.9 Å². The zero-order chi connectivity index (χ0) is 17.8. The summed E-state index contributed by atoms with van der Waals surface area (Å²) in [5.41, 5.74) is 8.79. The summed E-state index contributed by atoms with van der Waals surface area (Å²) in [6.45, 7) is 6.95. The molecule has 4 unspecified atom stereocenters. The first-order valence-corrected chi connectivity index (χ1v) is 8.66. The van der Waals surface area contributed by atoms with Gasteiger partial charge in [-0.15, -0.1) is 0 Å². The molecule has 0 amide bonds. The first-order chi connectivity index (χ1) is 11.6. The number of ether oxygens (including phenoxy) is 4. The Bertz CT molecular complexity index is 415. The third kappa shape index (κ3) is 7.05. The van der Waals surface area contributed by atoms with Crippen LogP contribution in [0, 0.1) is 0 Å². The van der Waals surface area contributed by atoms with E-state index in [4.69, 9.17) is 24.5 Å². The fourth-order valence-electron chi connectivity index (χ4n) is 2.49. The molecule has 1 rings (SSSR count). The Morgan fingerprint density at radius 1 is 1.21 bits per heavy atom. The van der Waals surface area contributed by atoms with Gasteiger partial charge in [-0.2, -0.15) is 0 Å². The second-order valence-corrected chi connectivity index (χ2v) is 5.82. The summed E-state index contributed by atoms with van der Waals surface area (Å²) >= 11 is 0. The van der Waals surface area contributed by atoms with Gasteiger partial charge >= 0.3 is 5.97 Å². The molecular formula is C16H29N3O5. The smallest absolute Gasteiger partial charge is 0.302 e. The highest BCUT2D eigenvalue weighted by Crippen LogP contribution is 2.25. The van der Waals surface area contributed by atoms with Crippen LogP contribution >= 0.6 is 0 Å². The van der Waals surface area contributed by atoms with Crippen LogP contribution in [0.4, 0.5) is 0 Å². The highest BCUT2D eigenvalue weighted by Gasteiger charge is 2.42. The molecule has 0 aromatic heterocycles. The van der Waals surface area contributed by atoms with Crippen molar-refractivity contribution >= 4 is 5.97 Å². The van der Waals surface area contributed by atoms with Crippen LogP contribution in [0.5, 0.6) is 0 Å². The summed E-state index contributed by atoms with van der Waals surface area (Å²) in [7, 11) is 0. The average Bonchev–Trinajstić information content (AvgIpc) is 2.56. The van der Waals surface area contributed by atoms with Gasteiger partial charge in [-0.3, -0.25) is 4.79 Å². The Morgan fingerprint density at radius 2 is 1.83 bits per heavy atom. The lowest BCUT2D eigenvalue weighted by molar-refractivity contribution is -0.198. The van der Waals surface area contributed by atoms with Crippen molar-refractivity contribution < 1.29 is 23.7 Å². The van der Waals surface area contributed by atoms with Crippen LogP contribution in [-0.2, 0) is 23.7 Å². The summed E-state index contributed by atoms with van der Waals surface area (Å²) in [6, 6.07) is -0.452. The van der Waals surface area contributed by atoms with Gasteiger partial charge in [-0.1, -0.05) is 31.8 Å². The van der Waals surface area contributed by atoms with E-state index < -0.39 is 24.4 Å². The third-order valence-corrected chi connectivity index (χ3v) is 3.82. The molecule has 0 N–H and O–H groups in total. The topological polar surface area (TPSA) is 103 Å². The van der Waals surface area contributed by atoms with Gasteiger partial charge in [0.15, 0.2) is 0 Å². The molecule has 8 heteroatoms. The number of carbonyl (C=O) groups excluding carboxylic acids is 1. The first kappa shape index (κ1) is 20.7. The van der Waals surface area contributed by atoms with E-state index in [1.54, 1.807) is 0 Å². The lowest BCUT2D eigenvalue weighted by atomic mass is 9.98. The lowest BCUT2D eigenvalue weighted by Crippen LogP contribution is -2.56. The quantitative estimate of drug-likeness (QED) is 0.189. The molecule has 0 aromatic carbocycles. The van der Waals surface area contributed by atoms with Crippen molar-refractivity contribution in [3.05, 3.63) is 10.4 Å². The molecule has 1 fully saturated rings. The molecule has 0 spiro atoms. The molecular weight excluding hydrogens is 314 g/mol. The number of unbranched alkanes of at least 4 members (excludes halogenated alkanes) is 2. The number of hydrogen-bond donors (Lipinski definition) is 0. The van der Waals surface area contributed by atoms with Crippen LogP contribution in [0.25, 0.3) is 10.4 Å². The van der Waals surface area contributed by atoms with Gasteiger partial charge in [-0.25, -0.2) is 0 Å². The van der Waals surface area contributed by atoms with Crippen LogP contribution in [0.3, 0.4) is 0 Å². The number of esters is 1. The number of hydrogen-bond acceptors (Lipinski definition) is 6. The fraction of sp³-hybridized carbons (Fsp3) is 0.938. The summed E-state index contributed by atoms with van der Waals surface area (Å²) in [6.07, 6.45) is 2.57. The standard InChI is InChI=1S/C16H29N3O5/c1-4-6-8-21-15-13(18-19-17)10-24-14(11-23-12(3)20)16(15)22-9-7-5-2/h13-16H,4-11H2,1-3H3. The van der Waals surface area contributed by atoms with E-state index >= 15 is 0 Å². The van der Waals surface area contributed by atoms with E-state index in [1.165, 1.54) is 6.92 Å².